The zero-order chi connectivity index (χ0) is 16.8. The van der Waals surface area contributed by atoms with Crippen LogP contribution in [-0.2, 0) is 6.42 Å². The smallest absolute Gasteiger partial charge is 0.317 e. The van der Waals surface area contributed by atoms with E-state index in [0.717, 1.165) is 38.4 Å². The number of hydrogen-bond donors (Lipinski definition) is 1. The van der Waals surface area contributed by atoms with E-state index in [2.05, 4.69) is 46.4 Å². The van der Waals surface area contributed by atoms with Gasteiger partial charge in [0.05, 0.1) is 0 Å². The normalized spacial score (nSPS) is 14.5. The average Bonchev–Trinajstić information content (AvgIpc) is 2.64. The van der Waals surface area contributed by atoms with Crippen molar-refractivity contribution in [2.24, 2.45) is 0 Å². The van der Waals surface area contributed by atoms with Crippen LogP contribution in [0.3, 0.4) is 0 Å². The Morgan fingerprint density at radius 1 is 1.08 bits per heavy atom. The predicted molar refractivity (Wildman–Crippen MR) is 96.3 cm³/mol. The van der Waals surface area contributed by atoms with Crippen LogP contribution in [0.15, 0.2) is 48.7 Å². The molecule has 0 spiro atoms. The Bertz CT molecular complexity index is 649. The molecule has 5 heteroatoms. The molecule has 1 aliphatic heterocycles. The van der Waals surface area contributed by atoms with Gasteiger partial charge in [-0.2, -0.15) is 0 Å². The number of amides is 2. The first-order chi connectivity index (χ1) is 11.7. The fourth-order valence-corrected chi connectivity index (χ4v) is 2.86. The van der Waals surface area contributed by atoms with Crippen LogP contribution in [-0.4, -0.2) is 48.6 Å². The lowest BCUT2D eigenvalue weighted by atomic mass is 10.1. The minimum Gasteiger partial charge on any atom is -0.353 e. The van der Waals surface area contributed by atoms with Gasteiger partial charge in [-0.05, 0) is 31.0 Å². The summed E-state index contributed by atoms with van der Waals surface area (Å²) in [6.07, 6.45) is 2.67. The van der Waals surface area contributed by atoms with Gasteiger partial charge in [0.2, 0.25) is 0 Å². The molecule has 1 aliphatic rings. The number of nitrogens with zero attached hydrogens (tertiary/aromatic N) is 3. The highest BCUT2D eigenvalue weighted by molar-refractivity contribution is 5.74. The molecule has 2 amide bonds. The molecule has 1 saturated heterocycles. The van der Waals surface area contributed by atoms with Crippen LogP contribution in [0.4, 0.5) is 10.6 Å². The summed E-state index contributed by atoms with van der Waals surface area (Å²) in [5, 5.41) is 3.02. The van der Waals surface area contributed by atoms with Crippen molar-refractivity contribution in [1.82, 2.24) is 15.2 Å². The summed E-state index contributed by atoms with van der Waals surface area (Å²) in [5.74, 6) is 0.983. The molecule has 1 aromatic heterocycles. The summed E-state index contributed by atoms with van der Waals surface area (Å²) in [6.45, 7) is 5.85. The Morgan fingerprint density at radius 2 is 1.83 bits per heavy atom. The van der Waals surface area contributed by atoms with Crippen molar-refractivity contribution in [3.05, 3.63) is 59.8 Å². The molecule has 1 aromatic carbocycles. The molecule has 126 valence electrons. The topological polar surface area (TPSA) is 48.5 Å². The third-order valence-corrected chi connectivity index (χ3v) is 4.35. The largest absolute Gasteiger partial charge is 0.353 e. The number of hydrogen-bond acceptors (Lipinski definition) is 3. The zero-order valence-corrected chi connectivity index (χ0v) is 14.1. The maximum absolute atomic E-state index is 12.3. The van der Waals surface area contributed by atoms with E-state index >= 15 is 0 Å². The second kappa shape index (κ2) is 7.81. The van der Waals surface area contributed by atoms with Gasteiger partial charge in [-0.3, -0.25) is 0 Å². The molecule has 0 atom stereocenters. The van der Waals surface area contributed by atoms with Crippen LogP contribution < -0.4 is 10.2 Å². The second-order valence-electron chi connectivity index (χ2n) is 6.13. The average molecular weight is 324 g/mol. The fourth-order valence-electron chi connectivity index (χ4n) is 2.86. The number of anilines is 1. The van der Waals surface area contributed by atoms with E-state index in [0.29, 0.717) is 6.54 Å². The van der Waals surface area contributed by atoms with Crippen molar-refractivity contribution < 1.29 is 4.79 Å². The minimum absolute atomic E-state index is 0.0304. The van der Waals surface area contributed by atoms with E-state index < -0.39 is 0 Å². The Kier molecular flexibility index (Phi) is 5.31. The number of benzene rings is 1. The number of pyridine rings is 1. The van der Waals surface area contributed by atoms with Gasteiger partial charge in [0, 0.05) is 38.9 Å². The van der Waals surface area contributed by atoms with Crippen molar-refractivity contribution in [2.75, 3.05) is 37.6 Å². The van der Waals surface area contributed by atoms with Gasteiger partial charge in [-0.15, -0.1) is 0 Å². The first kappa shape index (κ1) is 16.3. The van der Waals surface area contributed by atoms with Crippen LogP contribution in [0.1, 0.15) is 11.1 Å². The van der Waals surface area contributed by atoms with Gasteiger partial charge in [0.1, 0.15) is 5.82 Å². The number of aromatic nitrogens is 1. The maximum atomic E-state index is 12.3. The molecule has 24 heavy (non-hydrogen) atoms. The Morgan fingerprint density at radius 3 is 2.50 bits per heavy atom. The summed E-state index contributed by atoms with van der Waals surface area (Å²) in [5.41, 5.74) is 2.51. The lowest BCUT2D eigenvalue weighted by Crippen LogP contribution is -2.52. The molecule has 0 saturated carbocycles. The first-order valence-corrected chi connectivity index (χ1v) is 8.47. The molecule has 2 heterocycles. The van der Waals surface area contributed by atoms with Crippen molar-refractivity contribution in [3.63, 3.8) is 0 Å². The number of carbonyl (C=O) groups is 1. The standard InChI is InChI=1S/C19H24N4O/c1-16-5-7-17(8-6-16)9-11-21-19(24)23-14-12-22(13-15-23)18-4-2-3-10-20-18/h2-8,10H,9,11-15H2,1H3,(H,21,24). The van der Waals surface area contributed by atoms with Crippen molar-refractivity contribution >= 4 is 11.8 Å². The predicted octanol–water partition coefficient (Wildman–Crippen LogP) is 2.46. The van der Waals surface area contributed by atoms with Gasteiger partial charge in [-0.1, -0.05) is 35.9 Å². The van der Waals surface area contributed by atoms with Gasteiger partial charge < -0.3 is 15.1 Å². The van der Waals surface area contributed by atoms with E-state index in [1.165, 1.54) is 11.1 Å². The molecule has 2 aromatic rings. The van der Waals surface area contributed by atoms with E-state index in [1.807, 2.05) is 23.1 Å². The van der Waals surface area contributed by atoms with Gasteiger partial charge in [0.15, 0.2) is 0 Å². The highest BCUT2D eigenvalue weighted by Crippen LogP contribution is 2.12. The molecule has 0 radical (unpaired) electrons. The number of urea groups is 1. The van der Waals surface area contributed by atoms with Crippen LogP contribution >= 0.6 is 0 Å². The van der Waals surface area contributed by atoms with Crippen LogP contribution in [0, 0.1) is 6.92 Å². The lowest BCUT2D eigenvalue weighted by Gasteiger charge is -2.35. The summed E-state index contributed by atoms with van der Waals surface area (Å²) >= 11 is 0. The molecule has 0 aliphatic carbocycles. The minimum atomic E-state index is 0.0304. The molecule has 1 N–H and O–H groups in total. The summed E-state index contributed by atoms with van der Waals surface area (Å²) < 4.78 is 0. The number of nitrogens with one attached hydrogen (secondary N) is 1. The van der Waals surface area contributed by atoms with Crippen LogP contribution in [0.5, 0.6) is 0 Å². The van der Waals surface area contributed by atoms with E-state index in [1.54, 1.807) is 6.20 Å². The van der Waals surface area contributed by atoms with Crippen molar-refractivity contribution in [2.45, 2.75) is 13.3 Å². The molecule has 0 unspecified atom stereocenters. The summed E-state index contributed by atoms with van der Waals surface area (Å²) in [7, 11) is 0. The third-order valence-electron chi connectivity index (χ3n) is 4.35. The molecule has 5 nitrogen and oxygen atoms in total. The number of rotatable bonds is 4. The van der Waals surface area contributed by atoms with Crippen molar-refractivity contribution in [1.29, 1.82) is 0 Å². The Labute approximate surface area is 143 Å². The Hall–Kier alpha value is -2.56. The lowest BCUT2D eigenvalue weighted by molar-refractivity contribution is 0.194. The summed E-state index contributed by atoms with van der Waals surface area (Å²) in [4.78, 5) is 20.7. The molecular weight excluding hydrogens is 300 g/mol. The molecular formula is C19H24N4O. The van der Waals surface area contributed by atoms with E-state index in [9.17, 15) is 4.79 Å². The van der Waals surface area contributed by atoms with Crippen LogP contribution in [0.2, 0.25) is 0 Å². The highest BCUT2D eigenvalue weighted by atomic mass is 16.2. The van der Waals surface area contributed by atoms with Crippen molar-refractivity contribution in [3.8, 4) is 0 Å². The monoisotopic (exact) mass is 324 g/mol. The van der Waals surface area contributed by atoms with E-state index in [4.69, 9.17) is 0 Å². The molecule has 0 bridgehead atoms. The fraction of sp³-hybridized carbons (Fsp3) is 0.368. The molecule has 3 rings (SSSR count). The first-order valence-electron chi connectivity index (χ1n) is 8.47. The highest BCUT2D eigenvalue weighted by Gasteiger charge is 2.21. The summed E-state index contributed by atoms with van der Waals surface area (Å²) in [6, 6.07) is 14.4. The zero-order valence-electron chi connectivity index (χ0n) is 14.1. The number of aryl methyl sites for hydroxylation is 1. The van der Waals surface area contributed by atoms with Crippen LogP contribution in [0.25, 0.3) is 0 Å². The maximum Gasteiger partial charge on any atom is 0.317 e. The second-order valence-corrected chi connectivity index (χ2v) is 6.13. The van der Waals surface area contributed by atoms with E-state index in [-0.39, 0.29) is 6.03 Å². The quantitative estimate of drug-likeness (QED) is 0.940. The number of piperazine rings is 1. The molecule has 1 fully saturated rings. The van der Waals surface area contributed by atoms with Gasteiger partial charge >= 0.3 is 6.03 Å². The Balaban J connectivity index is 1.41. The SMILES string of the molecule is Cc1ccc(CCNC(=O)N2CCN(c3ccccn3)CC2)cc1. The van der Waals surface area contributed by atoms with Gasteiger partial charge in [0.25, 0.3) is 0 Å². The van der Waals surface area contributed by atoms with Gasteiger partial charge in [-0.25, -0.2) is 9.78 Å². The third kappa shape index (κ3) is 4.25. The number of carbonyl (C=O) groups excluding carboxylic acids is 1.